The van der Waals surface area contributed by atoms with Crippen molar-refractivity contribution in [2.45, 2.75) is 30.2 Å². The van der Waals surface area contributed by atoms with Gasteiger partial charge in [-0.2, -0.15) is 4.98 Å². The highest BCUT2D eigenvalue weighted by atomic mass is 32.2. The molecule has 0 aliphatic heterocycles. The molecule has 6 nitrogen and oxygen atoms in total. The van der Waals surface area contributed by atoms with Gasteiger partial charge in [-0.25, -0.2) is 4.79 Å². The molecule has 29 heavy (non-hydrogen) atoms. The number of aliphatic hydroxyl groups is 1. The molecule has 1 aromatic heterocycles. The summed E-state index contributed by atoms with van der Waals surface area (Å²) in [5.41, 5.74) is 0.470. The second-order valence-electron chi connectivity index (χ2n) is 7.13. The summed E-state index contributed by atoms with van der Waals surface area (Å²) in [6.07, 6.45) is 1.70. The minimum absolute atomic E-state index is 0.123. The number of benzene rings is 2. The largest absolute Gasteiger partial charge is 0.493 e. The molecule has 0 aliphatic carbocycles. The molecule has 7 heteroatoms. The SMILES string of the molecule is COc1cc(-n2ccc(SCc3ccccc3)nc2=O)ccc1OCC(C)(C)O. The van der Waals surface area contributed by atoms with Crippen molar-refractivity contribution < 1.29 is 14.6 Å². The molecule has 152 valence electrons. The average Bonchev–Trinajstić information content (AvgIpc) is 2.71. The Hall–Kier alpha value is -2.77. The van der Waals surface area contributed by atoms with E-state index in [1.165, 1.54) is 29.0 Å². The van der Waals surface area contributed by atoms with Gasteiger partial charge in [-0.05, 0) is 37.6 Å². The predicted molar refractivity (Wildman–Crippen MR) is 114 cm³/mol. The van der Waals surface area contributed by atoms with E-state index in [2.05, 4.69) is 4.98 Å². The van der Waals surface area contributed by atoms with Gasteiger partial charge in [-0.15, -0.1) is 11.8 Å². The summed E-state index contributed by atoms with van der Waals surface area (Å²) >= 11 is 1.52. The first-order valence-corrected chi connectivity index (χ1v) is 10.1. The highest BCUT2D eigenvalue weighted by molar-refractivity contribution is 7.98. The Morgan fingerprint density at radius 2 is 1.86 bits per heavy atom. The molecule has 2 aromatic carbocycles. The monoisotopic (exact) mass is 412 g/mol. The van der Waals surface area contributed by atoms with Crippen LogP contribution < -0.4 is 15.2 Å². The van der Waals surface area contributed by atoms with Gasteiger partial charge < -0.3 is 14.6 Å². The Bertz CT molecular complexity index is 1010. The van der Waals surface area contributed by atoms with Gasteiger partial charge >= 0.3 is 5.69 Å². The van der Waals surface area contributed by atoms with E-state index in [-0.39, 0.29) is 12.3 Å². The topological polar surface area (TPSA) is 73.6 Å². The third-order valence-corrected chi connectivity index (χ3v) is 5.01. The molecule has 3 rings (SSSR count). The predicted octanol–water partition coefficient (Wildman–Crippen LogP) is 3.68. The fourth-order valence-electron chi connectivity index (χ4n) is 2.58. The zero-order chi connectivity index (χ0) is 20.9. The van der Waals surface area contributed by atoms with Gasteiger partial charge in [0.25, 0.3) is 0 Å². The molecule has 0 atom stereocenters. The number of rotatable bonds is 8. The van der Waals surface area contributed by atoms with Crippen LogP contribution in [0.15, 0.2) is 70.6 Å². The second-order valence-corrected chi connectivity index (χ2v) is 8.12. The molecule has 1 heterocycles. The molecule has 0 radical (unpaired) electrons. The van der Waals surface area contributed by atoms with Crippen LogP contribution in [0.1, 0.15) is 19.4 Å². The fraction of sp³-hybridized carbons (Fsp3) is 0.273. The summed E-state index contributed by atoms with van der Waals surface area (Å²) in [5.74, 6) is 1.72. The summed E-state index contributed by atoms with van der Waals surface area (Å²) < 4.78 is 12.5. The third-order valence-electron chi connectivity index (χ3n) is 4.01. The second kappa shape index (κ2) is 9.15. The van der Waals surface area contributed by atoms with E-state index in [0.717, 1.165) is 5.75 Å². The molecule has 0 bridgehead atoms. The lowest BCUT2D eigenvalue weighted by molar-refractivity contribution is 0.0276. The van der Waals surface area contributed by atoms with Gasteiger partial charge in [0.15, 0.2) is 11.5 Å². The zero-order valence-corrected chi connectivity index (χ0v) is 17.5. The van der Waals surface area contributed by atoms with Crippen molar-refractivity contribution in [3.63, 3.8) is 0 Å². The summed E-state index contributed by atoms with van der Waals surface area (Å²) in [6.45, 7) is 3.45. The lowest BCUT2D eigenvalue weighted by Crippen LogP contribution is -2.28. The number of aromatic nitrogens is 2. The van der Waals surface area contributed by atoms with Crippen LogP contribution in [0, 0.1) is 0 Å². The maximum absolute atomic E-state index is 12.5. The van der Waals surface area contributed by atoms with Crippen molar-refractivity contribution in [1.29, 1.82) is 0 Å². The van der Waals surface area contributed by atoms with E-state index in [1.807, 2.05) is 36.4 Å². The van der Waals surface area contributed by atoms with E-state index in [4.69, 9.17) is 9.47 Å². The molecule has 3 aromatic rings. The molecular weight excluding hydrogens is 388 g/mol. The number of ether oxygens (including phenoxy) is 2. The van der Waals surface area contributed by atoms with Crippen molar-refractivity contribution in [2.24, 2.45) is 0 Å². The van der Waals surface area contributed by atoms with Gasteiger partial charge in [0.2, 0.25) is 0 Å². The van der Waals surface area contributed by atoms with E-state index < -0.39 is 5.60 Å². The molecule has 0 saturated heterocycles. The van der Waals surface area contributed by atoms with Crippen molar-refractivity contribution in [1.82, 2.24) is 9.55 Å². The van der Waals surface area contributed by atoms with Crippen LogP contribution in [-0.4, -0.2) is 34.0 Å². The standard InChI is InChI=1S/C22H24N2O4S/c1-22(2,26)15-28-18-10-9-17(13-19(18)27-3)24-12-11-20(23-21(24)25)29-14-16-7-5-4-6-8-16/h4-13,26H,14-15H2,1-3H3. The van der Waals surface area contributed by atoms with Gasteiger partial charge in [-0.3, -0.25) is 4.57 Å². The third kappa shape index (κ3) is 5.85. The molecule has 0 aliphatic rings. The first-order chi connectivity index (χ1) is 13.9. The summed E-state index contributed by atoms with van der Waals surface area (Å²) in [7, 11) is 1.53. The minimum Gasteiger partial charge on any atom is -0.493 e. The maximum Gasteiger partial charge on any atom is 0.353 e. The normalized spacial score (nSPS) is 11.3. The molecule has 0 saturated carbocycles. The molecule has 0 amide bonds. The van der Waals surface area contributed by atoms with Gasteiger partial charge in [0.05, 0.1) is 18.4 Å². The number of hydrogen-bond acceptors (Lipinski definition) is 6. The highest BCUT2D eigenvalue weighted by Crippen LogP contribution is 2.30. The zero-order valence-electron chi connectivity index (χ0n) is 16.7. The lowest BCUT2D eigenvalue weighted by Gasteiger charge is -2.19. The van der Waals surface area contributed by atoms with Gasteiger partial charge in [0, 0.05) is 18.0 Å². The molecule has 0 spiro atoms. The summed E-state index contributed by atoms with van der Waals surface area (Å²) in [6, 6.07) is 17.0. The molecular formula is C22H24N2O4S. The molecule has 1 N–H and O–H groups in total. The van der Waals surface area contributed by atoms with Crippen LogP contribution in [0.3, 0.4) is 0 Å². The summed E-state index contributed by atoms with van der Waals surface area (Å²) in [5, 5.41) is 10.5. The Morgan fingerprint density at radius 3 is 2.52 bits per heavy atom. The van der Waals surface area contributed by atoms with Crippen LogP contribution in [0.5, 0.6) is 11.5 Å². The fourth-order valence-corrected chi connectivity index (χ4v) is 3.38. The van der Waals surface area contributed by atoms with Crippen LogP contribution in [-0.2, 0) is 5.75 Å². The summed E-state index contributed by atoms with van der Waals surface area (Å²) in [4.78, 5) is 16.7. The quantitative estimate of drug-likeness (QED) is 0.449. The first-order valence-electron chi connectivity index (χ1n) is 9.16. The van der Waals surface area contributed by atoms with Gasteiger partial charge in [-0.1, -0.05) is 30.3 Å². The lowest BCUT2D eigenvalue weighted by atomic mass is 10.2. The van der Waals surface area contributed by atoms with Crippen LogP contribution in [0.2, 0.25) is 0 Å². The van der Waals surface area contributed by atoms with E-state index >= 15 is 0 Å². The smallest absolute Gasteiger partial charge is 0.353 e. The number of thioether (sulfide) groups is 1. The number of methoxy groups -OCH3 is 1. The Balaban J connectivity index is 1.77. The van der Waals surface area contributed by atoms with E-state index in [0.29, 0.717) is 22.2 Å². The van der Waals surface area contributed by atoms with Crippen LogP contribution in [0.25, 0.3) is 5.69 Å². The highest BCUT2D eigenvalue weighted by Gasteiger charge is 2.16. The van der Waals surface area contributed by atoms with Crippen molar-refractivity contribution in [3.05, 3.63) is 76.8 Å². The maximum atomic E-state index is 12.5. The minimum atomic E-state index is -0.961. The van der Waals surface area contributed by atoms with Crippen molar-refractivity contribution in [3.8, 4) is 17.2 Å². The van der Waals surface area contributed by atoms with Crippen molar-refractivity contribution in [2.75, 3.05) is 13.7 Å². The Morgan fingerprint density at radius 1 is 1.10 bits per heavy atom. The Labute approximate surface area is 174 Å². The molecule has 0 fully saturated rings. The molecule has 0 unspecified atom stereocenters. The van der Waals surface area contributed by atoms with Crippen LogP contribution in [0.4, 0.5) is 0 Å². The average molecular weight is 413 g/mol. The van der Waals surface area contributed by atoms with E-state index in [1.54, 1.807) is 38.2 Å². The van der Waals surface area contributed by atoms with Crippen LogP contribution >= 0.6 is 11.8 Å². The Kier molecular flexibility index (Phi) is 6.61. The van der Waals surface area contributed by atoms with Gasteiger partial charge in [0.1, 0.15) is 11.6 Å². The number of nitrogens with zero attached hydrogens (tertiary/aromatic N) is 2. The number of hydrogen-bond donors (Lipinski definition) is 1. The first kappa shape index (κ1) is 21.0. The van der Waals surface area contributed by atoms with E-state index in [9.17, 15) is 9.90 Å². The van der Waals surface area contributed by atoms with Crippen molar-refractivity contribution >= 4 is 11.8 Å².